The summed E-state index contributed by atoms with van der Waals surface area (Å²) >= 11 is 0. The van der Waals surface area contributed by atoms with Crippen LogP contribution in [0.1, 0.15) is 52.9 Å². The molecule has 1 fully saturated rings. The van der Waals surface area contributed by atoms with Gasteiger partial charge in [0.25, 0.3) is 0 Å². The molecular weight excluding hydrogens is 226 g/mol. The minimum Gasteiger partial charge on any atom is -0.381 e. The minimum atomic E-state index is 0.222. The maximum Gasteiger partial charge on any atom is 0.188 e. The smallest absolute Gasteiger partial charge is 0.188 e. The molecule has 1 aliphatic carbocycles. The lowest BCUT2D eigenvalue weighted by Gasteiger charge is -2.55. The van der Waals surface area contributed by atoms with Gasteiger partial charge in [0.1, 0.15) is 0 Å². The number of unbranched alkanes of at least 4 members (excludes halogenated alkanes) is 1. The number of nitrogens with zero attached hydrogens (tertiary/aromatic N) is 1. The van der Waals surface area contributed by atoms with Crippen molar-refractivity contribution in [1.82, 2.24) is 5.32 Å². The number of guanidine groups is 1. The Hall–Kier alpha value is -0.770. The fourth-order valence-corrected chi connectivity index (χ4v) is 3.06. The Morgan fingerprint density at radius 3 is 2.56 bits per heavy atom. The highest BCUT2D eigenvalue weighted by Crippen LogP contribution is 2.48. The van der Waals surface area contributed by atoms with Crippen LogP contribution in [-0.4, -0.2) is 31.8 Å². The molecule has 106 valence electrons. The number of nitrogens with one attached hydrogen (secondary N) is 1. The Kier molecular flexibility index (Phi) is 5.93. The third kappa shape index (κ3) is 2.97. The van der Waals surface area contributed by atoms with Crippen LogP contribution in [0.2, 0.25) is 0 Å². The lowest BCUT2D eigenvalue weighted by Crippen LogP contribution is -2.65. The Morgan fingerprint density at radius 2 is 2.06 bits per heavy atom. The van der Waals surface area contributed by atoms with Crippen molar-refractivity contribution < 1.29 is 4.74 Å². The second-order valence-electron chi connectivity index (χ2n) is 5.22. The van der Waals surface area contributed by atoms with Crippen LogP contribution < -0.4 is 11.1 Å². The van der Waals surface area contributed by atoms with Crippen molar-refractivity contribution in [3.63, 3.8) is 0 Å². The molecule has 0 aliphatic heterocycles. The molecule has 1 saturated carbocycles. The predicted octanol–water partition coefficient (Wildman–Crippen LogP) is 2.28. The first-order valence-electron chi connectivity index (χ1n) is 7.23. The average molecular weight is 255 g/mol. The summed E-state index contributed by atoms with van der Waals surface area (Å²) < 4.78 is 5.57. The zero-order valence-corrected chi connectivity index (χ0v) is 12.3. The van der Waals surface area contributed by atoms with Gasteiger partial charge in [-0.05, 0) is 25.7 Å². The molecule has 0 saturated heterocycles. The molecule has 18 heavy (non-hydrogen) atoms. The van der Waals surface area contributed by atoms with E-state index >= 15 is 0 Å². The standard InChI is InChI=1S/C14H29N3O/c1-5-8-9-16-13(15)17-11-10-12(18-4)14(11,6-2)7-3/h11-12H,5-10H2,1-4H3,(H3,15,16,17). The lowest BCUT2D eigenvalue weighted by atomic mass is 9.58. The van der Waals surface area contributed by atoms with E-state index in [1.165, 1.54) is 0 Å². The van der Waals surface area contributed by atoms with Crippen molar-refractivity contribution in [3.8, 4) is 0 Å². The molecule has 0 spiro atoms. The summed E-state index contributed by atoms with van der Waals surface area (Å²) in [6, 6.07) is 0.405. The molecule has 1 aliphatic rings. The van der Waals surface area contributed by atoms with Crippen molar-refractivity contribution in [3.05, 3.63) is 0 Å². The number of hydrogen-bond donors (Lipinski definition) is 2. The van der Waals surface area contributed by atoms with Crippen molar-refractivity contribution in [2.45, 2.75) is 65.0 Å². The Morgan fingerprint density at radius 1 is 1.39 bits per heavy atom. The number of aliphatic imine (C=N–C) groups is 1. The van der Waals surface area contributed by atoms with Gasteiger partial charge in [-0.3, -0.25) is 4.99 Å². The maximum atomic E-state index is 5.94. The highest BCUT2D eigenvalue weighted by atomic mass is 16.5. The summed E-state index contributed by atoms with van der Waals surface area (Å²) in [5, 5.41) is 3.38. The first kappa shape index (κ1) is 15.3. The number of rotatable bonds is 7. The van der Waals surface area contributed by atoms with Crippen LogP contribution in [0.3, 0.4) is 0 Å². The number of hydrogen-bond acceptors (Lipinski definition) is 2. The molecule has 0 bridgehead atoms. The summed E-state index contributed by atoms with van der Waals surface area (Å²) in [5.74, 6) is 0.592. The molecule has 0 radical (unpaired) electrons. The highest BCUT2D eigenvalue weighted by Gasteiger charge is 2.53. The van der Waals surface area contributed by atoms with Gasteiger partial charge < -0.3 is 15.8 Å². The molecular formula is C14H29N3O. The van der Waals surface area contributed by atoms with Gasteiger partial charge in [0, 0.05) is 25.1 Å². The van der Waals surface area contributed by atoms with Gasteiger partial charge in [-0.2, -0.15) is 0 Å². The van der Waals surface area contributed by atoms with E-state index in [1.807, 2.05) is 0 Å². The van der Waals surface area contributed by atoms with E-state index in [-0.39, 0.29) is 5.41 Å². The molecule has 0 amide bonds. The van der Waals surface area contributed by atoms with E-state index in [4.69, 9.17) is 10.5 Å². The van der Waals surface area contributed by atoms with Crippen molar-refractivity contribution >= 4 is 5.96 Å². The second-order valence-corrected chi connectivity index (χ2v) is 5.22. The molecule has 0 heterocycles. The monoisotopic (exact) mass is 255 g/mol. The summed E-state index contributed by atoms with van der Waals surface area (Å²) in [6.45, 7) is 7.44. The molecule has 0 aromatic heterocycles. The van der Waals surface area contributed by atoms with Crippen molar-refractivity contribution in [2.24, 2.45) is 16.1 Å². The van der Waals surface area contributed by atoms with Crippen LogP contribution in [-0.2, 0) is 4.74 Å². The SMILES string of the molecule is CCCCN=C(N)NC1CC(OC)C1(CC)CC. The van der Waals surface area contributed by atoms with Crippen LogP contribution in [0.5, 0.6) is 0 Å². The molecule has 1 rings (SSSR count). The molecule has 3 N–H and O–H groups in total. The fourth-order valence-electron chi connectivity index (χ4n) is 3.06. The van der Waals surface area contributed by atoms with Crippen LogP contribution in [0.15, 0.2) is 4.99 Å². The van der Waals surface area contributed by atoms with E-state index in [9.17, 15) is 0 Å². The highest BCUT2D eigenvalue weighted by molar-refractivity contribution is 5.78. The normalized spacial score (nSPS) is 26.8. The van der Waals surface area contributed by atoms with Crippen LogP contribution in [0.25, 0.3) is 0 Å². The van der Waals surface area contributed by atoms with Gasteiger partial charge in [-0.25, -0.2) is 0 Å². The van der Waals surface area contributed by atoms with Gasteiger partial charge in [0.15, 0.2) is 5.96 Å². The minimum absolute atomic E-state index is 0.222. The van der Waals surface area contributed by atoms with E-state index in [0.29, 0.717) is 18.1 Å². The molecule has 2 atom stereocenters. The predicted molar refractivity (Wildman–Crippen MR) is 76.8 cm³/mol. The fraction of sp³-hybridized carbons (Fsp3) is 0.929. The van der Waals surface area contributed by atoms with Gasteiger partial charge in [-0.15, -0.1) is 0 Å². The first-order valence-corrected chi connectivity index (χ1v) is 7.23. The average Bonchev–Trinajstić information content (AvgIpc) is 2.36. The molecule has 2 unspecified atom stereocenters. The first-order chi connectivity index (χ1) is 8.64. The molecule has 0 aromatic rings. The Bertz CT molecular complexity index is 274. The third-order valence-electron chi connectivity index (χ3n) is 4.50. The molecule has 0 aromatic carbocycles. The molecule has 4 heteroatoms. The molecule has 4 nitrogen and oxygen atoms in total. The second kappa shape index (κ2) is 6.98. The van der Waals surface area contributed by atoms with Gasteiger partial charge in [0.05, 0.1) is 6.10 Å². The largest absolute Gasteiger partial charge is 0.381 e. The number of ether oxygens (including phenoxy) is 1. The third-order valence-corrected chi connectivity index (χ3v) is 4.50. The van der Waals surface area contributed by atoms with E-state index in [2.05, 4.69) is 31.1 Å². The zero-order valence-electron chi connectivity index (χ0n) is 12.3. The summed E-state index contributed by atoms with van der Waals surface area (Å²) in [7, 11) is 1.81. The number of methoxy groups -OCH3 is 1. The summed E-state index contributed by atoms with van der Waals surface area (Å²) in [4.78, 5) is 4.36. The zero-order chi connectivity index (χ0) is 13.6. The number of nitrogens with two attached hydrogens (primary N) is 1. The Balaban J connectivity index is 2.54. The Labute approximate surface area is 111 Å². The van der Waals surface area contributed by atoms with E-state index in [1.54, 1.807) is 7.11 Å². The van der Waals surface area contributed by atoms with Crippen molar-refractivity contribution in [1.29, 1.82) is 0 Å². The topological polar surface area (TPSA) is 59.6 Å². The van der Waals surface area contributed by atoms with Gasteiger partial charge >= 0.3 is 0 Å². The summed E-state index contributed by atoms with van der Waals surface area (Å²) in [6.07, 6.45) is 5.86. The quantitative estimate of drug-likeness (QED) is 0.417. The van der Waals surface area contributed by atoms with Gasteiger partial charge in [-0.1, -0.05) is 27.2 Å². The van der Waals surface area contributed by atoms with E-state index < -0.39 is 0 Å². The maximum absolute atomic E-state index is 5.94. The van der Waals surface area contributed by atoms with E-state index in [0.717, 1.165) is 38.6 Å². The lowest BCUT2D eigenvalue weighted by molar-refractivity contribution is -0.118. The van der Waals surface area contributed by atoms with Crippen LogP contribution in [0, 0.1) is 5.41 Å². The summed E-state index contributed by atoms with van der Waals surface area (Å²) in [5.41, 5.74) is 6.16. The van der Waals surface area contributed by atoms with Crippen LogP contribution >= 0.6 is 0 Å². The van der Waals surface area contributed by atoms with Crippen LogP contribution in [0.4, 0.5) is 0 Å². The van der Waals surface area contributed by atoms with Gasteiger partial charge in [0.2, 0.25) is 0 Å². The van der Waals surface area contributed by atoms with Crippen molar-refractivity contribution in [2.75, 3.05) is 13.7 Å².